The Hall–Kier alpha value is -1.71. The smallest absolute Gasteiger partial charge is 0.252 e. The fourth-order valence-corrected chi connectivity index (χ4v) is 2.64. The molecule has 0 aliphatic heterocycles. The number of pyridine rings is 1. The van der Waals surface area contributed by atoms with Gasteiger partial charge in [0.25, 0.3) is 5.56 Å². The summed E-state index contributed by atoms with van der Waals surface area (Å²) < 4.78 is 1.86. The number of fused-ring (bicyclic) bond motifs is 1. The van der Waals surface area contributed by atoms with E-state index in [1.54, 1.807) is 12.3 Å². The summed E-state index contributed by atoms with van der Waals surface area (Å²) in [7, 11) is 0. The molecule has 0 amide bonds. The molecule has 2 heterocycles. The van der Waals surface area contributed by atoms with Crippen LogP contribution < -0.4 is 5.56 Å². The lowest BCUT2D eigenvalue weighted by Gasteiger charge is -2.15. The quantitative estimate of drug-likeness (QED) is 0.753. The minimum atomic E-state index is 0.0579. The van der Waals surface area contributed by atoms with E-state index < -0.39 is 0 Å². The van der Waals surface area contributed by atoms with Gasteiger partial charge in [-0.3, -0.25) is 9.36 Å². The molecule has 0 spiro atoms. The topological polar surface area (TPSA) is 47.8 Å². The highest BCUT2D eigenvalue weighted by molar-refractivity contribution is 5.73. The molecule has 0 bridgehead atoms. The highest BCUT2D eigenvalue weighted by Crippen LogP contribution is 2.29. The fraction of sp³-hybridized carbons (Fsp3) is 0.462. The molecule has 4 heteroatoms. The van der Waals surface area contributed by atoms with Gasteiger partial charge in [0.05, 0.1) is 0 Å². The average Bonchev–Trinajstić information content (AvgIpc) is 2.82. The molecule has 0 saturated heterocycles. The first-order valence-electron chi connectivity index (χ1n) is 6.10. The van der Waals surface area contributed by atoms with E-state index in [9.17, 15) is 4.79 Å². The van der Waals surface area contributed by atoms with Gasteiger partial charge in [-0.15, -0.1) is 0 Å². The molecule has 17 heavy (non-hydrogen) atoms. The third-order valence-corrected chi connectivity index (χ3v) is 3.48. The second kappa shape index (κ2) is 3.95. The monoisotopic (exact) mass is 229 g/mol. The van der Waals surface area contributed by atoms with Gasteiger partial charge >= 0.3 is 0 Å². The lowest BCUT2D eigenvalue weighted by Crippen LogP contribution is -2.23. The minimum absolute atomic E-state index is 0.0579. The van der Waals surface area contributed by atoms with Crippen LogP contribution in [0.15, 0.2) is 23.1 Å². The molecule has 0 atom stereocenters. The minimum Gasteiger partial charge on any atom is -0.289 e. The van der Waals surface area contributed by atoms with Crippen LogP contribution in [0.4, 0.5) is 0 Å². The Labute approximate surface area is 99.3 Å². The molecule has 0 radical (unpaired) electrons. The van der Waals surface area contributed by atoms with Gasteiger partial charge < -0.3 is 0 Å². The summed E-state index contributed by atoms with van der Waals surface area (Å²) in [4.78, 5) is 20.6. The van der Waals surface area contributed by atoms with Crippen molar-refractivity contribution in [3.05, 3.63) is 34.5 Å². The summed E-state index contributed by atoms with van der Waals surface area (Å²) in [6.45, 7) is 1.86. The van der Waals surface area contributed by atoms with E-state index >= 15 is 0 Å². The van der Waals surface area contributed by atoms with Crippen LogP contribution in [0.25, 0.3) is 11.0 Å². The van der Waals surface area contributed by atoms with Crippen molar-refractivity contribution < 1.29 is 0 Å². The number of hydrogen-bond acceptors (Lipinski definition) is 3. The molecule has 88 valence electrons. The van der Waals surface area contributed by atoms with Gasteiger partial charge in [0.2, 0.25) is 0 Å². The van der Waals surface area contributed by atoms with E-state index in [2.05, 4.69) is 9.97 Å². The van der Waals surface area contributed by atoms with Crippen LogP contribution in [0.1, 0.15) is 37.5 Å². The number of nitrogens with zero attached hydrogens (tertiary/aromatic N) is 3. The van der Waals surface area contributed by atoms with Crippen LogP contribution >= 0.6 is 0 Å². The Morgan fingerprint density at radius 2 is 2.06 bits per heavy atom. The molecule has 2 aromatic heterocycles. The highest BCUT2D eigenvalue weighted by Gasteiger charge is 2.20. The number of aromatic nitrogens is 3. The third kappa shape index (κ3) is 1.73. The predicted molar refractivity (Wildman–Crippen MR) is 66.0 cm³/mol. The molecule has 4 nitrogen and oxygen atoms in total. The molecule has 0 aromatic carbocycles. The zero-order valence-electron chi connectivity index (χ0n) is 9.89. The van der Waals surface area contributed by atoms with Crippen LogP contribution in [0.3, 0.4) is 0 Å². The van der Waals surface area contributed by atoms with E-state index in [0.717, 1.165) is 29.7 Å². The molecular weight excluding hydrogens is 214 g/mol. The molecule has 1 aliphatic carbocycles. The van der Waals surface area contributed by atoms with Gasteiger partial charge in [-0.2, -0.15) is 0 Å². The second-order valence-corrected chi connectivity index (χ2v) is 4.68. The van der Waals surface area contributed by atoms with Crippen molar-refractivity contribution in [3.63, 3.8) is 0 Å². The molecule has 2 aromatic rings. The van der Waals surface area contributed by atoms with Crippen molar-refractivity contribution in [2.24, 2.45) is 0 Å². The summed E-state index contributed by atoms with van der Waals surface area (Å²) in [6, 6.07) is 3.75. The van der Waals surface area contributed by atoms with Crippen molar-refractivity contribution in [2.75, 3.05) is 0 Å². The largest absolute Gasteiger partial charge is 0.289 e. The molecule has 1 fully saturated rings. The first-order valence-corrected chi connectivity index (χ1v) is 6.10. The average molecular weight is 229 g/mol. The van der Waals surface area contributed by atoms with E-state index in [1.807, 2.05) is 17.6 Å². The molecule has 0 unspecified atom stereocenters. The van der Waals surface area contributed by atoms with Crippen molar-refractivity contribution >= 4 is 11.0 Å². The first-order chi connectivity index (χ1) is 8.25. The zero-order chi connectivity index (χ0) is 11.8. The van der Waals surface area contributed by atoms with Crippen LogP contribution in [0.5, 0.6) is 0 Å². The summed E-state index contributed by atoms with van der Waals surface area (Å²) >= 11 is 0. The second-order valence-electron chi connectivity index (χ2n) is 4.68. The Morgan fingerprint density at radius 1 is 1.29 bits per heavy atom. The van der Waals surface area contributed by atoms with Crippen molar-refractivity contribution in [2.45, 2.75) is 38.6 Å². The number of hydrogen-bond donors (Lipinski definition) is 0. The highest BCUT2D eigenvalue weighted by atomic mass is 16.1. The van der Waals surface area contributed by atoms with Crippen LogP contribution in [0, 0.1) is 6.92 Å². The maximum Gasteiger partial charge on any atom is 0.252 e. The van der Waals surface area contributed by atoms with Crippen molar-refractivity contribution in [1.82, 2.24) is 14.5 Å². The van der Waals surface area contributed by atoms with Gasteiger partial charge in [0.1, 0.15) is 11.5 Å². The molecule has 1 aliphatic rings. The Kier molecular flexibility index (Phi) is 2.42. The van der Waals surface area contributed by atoms with Crippen LogP contribution in [0.2, 0.25) is 0 Å². The van der Waals surface area contributed by atoms with Crippen molar-refractivity contribution in [3.8, 4) is 0 Å². The molecule has 1 saturated carbocycles. The van der Waals surface area contributed by atoms with E-state index in [4.69, 9.17) is 0 Å². The maximum atomic E-state index is 12.0. The summed E-state index contributed by atoms with van der Waals surface area (Å²) in [5, 5.41) is 0.946. The Balaban J connectivity index is 2.29. The van der Waals surface area contributed by atoms with Gasteiger partial charge in [-0.05, 0) is 25.8 Å². The Bertz CT molecular complexity index is 612. The normalized spacial score (nSPS) is 16.8. The van der Waals surface area contributed by atoms with E-state index in [0.29, 0.717) is 6.04 Å². The Morgan fingerprint density at radius 3 is 2.82 bits per heavy atom. The van der Waals surface area contributed by atoms with Crippen LogP contribution in [-0.2, 0) is 0 Å². The van der Waals surface area contributed by atoms with Gasteiger partial charge in [0.15, 0.2) is 0 Å². The van der Waals surface area contributed by atoms with Gasteiger partial charge in [-0.1, -0.05) is 12.8 Å². The lowest BCUT2D eigenvalue weighted by molar-refractivity contribution is 0.515. The maximum absolute atomic E-state index is 12.0. The first kappa shape index (κ1) is 10.4. The summed E-state index contributed by atoms with van der Waals surface area (Å²) in [5.41, 5.74) is 0.847. The predicted octanol–water partition coefficient (Wildman–Crippen LogP) is 2.22. The number of aryl methyl sites for hydroxylation is 1. The number of rotatable bonds is 1. The third-order valence-electron chi connectivity index (χ3n) is 3.48. The van der Waals surface area contributed by atoms with Gasteiger partial charge in [-0.25, -0.2) is 9.97 Å². The van der Waals surface area contributed by atoms with Crippen LogP contribution in [-0.4, -0.2) is 14.5 Å². The summed E-state index contributed by atoms with van der Waals surface area (Å²) in [5.74, 6) is 0.717. The molecule has 3 rings (SSSR count). The lowest BCUT2D eigenvalue weighted by atomic mass is 10.2. The van der Waals surface area contributed by atoms with Crippen molar-refractivity contribution in [1.29, 1.82) is 0 Å². The summed E-state index contributed by atoms with van der Waals surface area (Å²) in [6.07, 6.45) is 6.38. The fourth-order valence-electron chi connectivity index (χ4n) is 2.64. The van der Waals surface area contributed by atoms with E-state index in [1.165, 1.54) is 12.8 Å². The zero-order valence-corrected chi connectivity index (χ0v) is 9.89. The SMILES string of the molecule is Cc1ncc2ccc(=O)n(C3CCCC3)c2n1. The van der Waals surface area contributed by atoms with E-state index in [-0.39, 0.29) is 5.56 Å². The molecule has 0 N–H and O–H groups in total. The molecular formula is C13H15N3O. The standard InChI is InChI=1S/C13H15N3O/c1-9-14-8-10-6-7-12(17)16(13(10)15-9)11-4-2-3-5-11/h6-8,11H,2-5H2,1H3. The van der Waals surface area contributed by atoms with Gasteiger partial charge in [0, 0.05) is 23.7 Å².